The maximum absolute atomic E-state index is 9.21. The molecule has 0 radical (unpaired) electrons. The van der Waals surface area contributed by atoms with Gasteiger partial charge in [0.2, 0.25) is 0 Å². The molecule has 98 valence electrons. The van der Waals surface area contributed by atoms with Crippen LogP contribution in [0.1, 0.15) is 11.3 Å². The highest BCUT2D eigenvalue weighted by Crippen LogP contribution is 2.13. The topological polar surface area (TPSA) is 45.5 Å². The van der Waals surface area contributed by atoms with Crippen molar-refractivity contribution in [2.75, 3.05) is 0 Å². The average Bonchev–Trinajstić information content (AvgIpc) is 2.53. The highest BCUT2D eigenvalue weighted by atomic mass is 16.4. The van der Waals surface area contributed by atoms with E-state index < -0.39 is 0 Å². The second-order valence-corrected chi connectivity index (χ2v) is 4.58. The molecule has 1 N–H and O–H groups in total. The van der Waals surface area contributed by atoms with E-state index in [1.165, 1.54) is 0 Å². The van der Waals surface area contributed by atoms with E-state index in [-0.39, 0.29) is 0 Å². The van der Waals surface area contributed by atoms with E-state index in [9.17, 15) is 5.21 Å². The Hall–Kier alpha value is -2.68. The molecule has 3 rings (SSSR count). The largest absolute Gasteiger partial charge is 0.411 e. The summed E-state index contributed by atoms with van der Waals surface area (Å²) in [5, 5.41) is 13.7. The van der Waals surface area contributed by atoms with Crippen molar-refractivity contribution >= 4 is 16.6 Å². The van der Waals surface area contributed by atoms with Crippen LogP contribution in [0.2, 0.25) is 0 Å². The number of nitrogens with zero attached hydrogens (tertiary/aromatic N) is 2. The molecule has 1 heterocycles. The lowest BCUT2D eigenvalue weighted by Crippen LogP contribution is -2.06. The number of para-hydroxylation sites is 1. The first-order valence-corrected chi connectivity index (χ1v) is 6.48. The molecule has 3 nitrogen and oxygen atoms in total. The monoisotopic (exact) mass is 262 g/mol. The van der Waals surface area contributed by atoms with Gasteiger partial charge in [-0.2, -0.15) is 0 Å². The van der Waals surface area contributed by atoms with Crippen molar-refractivity contribution in [3.63, 3.8) is 0 Å². The predicted molar refractivity (Wildman–Crippen MR) is 80.2 cm³/mol. The fourth-order valence-electron chi connectivity index (χ4n) is 2.20. The zero-order valence-corrected chi connectivity index (χ0v) is 10.9. The second kappa shape index (κ2) is 5.53. The van der Waals surface area contributed by atoms with Crippen LogP contribution in [-0.2, 0) is 6.42 Å². The number of oxime groups is 1. The third-order valence-electron chi connectivity index (χ3n) is 3.23. The Morgan fingerprint density at radius 3 is 2.45 bits per heavy atom. The molecular weight excluding hydrogens is 248 g/mol. The van der Waals surface area contributed by atoms with Gasteiger partial charge < -0.3 is 5.21 Å². The van der Waals surface area contributed by atoms with Gasteiger partial charge in [0.15, 0.2) is 0 Å². The summed E-state index contributed by atoms with van der Waals surface area (Å²) >= 11 is 0. The summed E-state index contributed by atoms with van der Waals surface area (Å²) < 4.78 is 0. The number of pyridine rings is 1. The van der Waals surface area contributed by atoms with Gasteiger partial charge in [0.1, 0.15) is 0 Å². The Kier molecular flexibility index (Phi) is 3.42. The van der Waals surface area contributed by atoms with Crippen molar-refractivity contribution in [2.45, 2.75) is 6.42 Å². The third kappa shape index (κ3) is 2.52. The molecule has 1 aromatic heterocycles. The van der Waals surface area contributed by atoms with Crippen molar-refractivity contribution in [1.29, 1.82) is 0 Å². The number of fused-ring (bicyclic) bond motifs is 1. The summed E-state index contributed by atoms with van der Waals surface area (Å²) in [6, 6.07) is 21.6. The van der Waals surface area contributed by atoms with Gasteiger partial charge in [-0.05, 0) is 17.7 Å². The van der Waals surface area contributed by atoms with Crippen molar-refractivity contribution in [3.8, 4) is 0 Å². The van der Waals surface area contributed by atoms with Crippen LogP contribution in [0.5, 0.6) is 0 Å². The Balaban J connectivity index is 1.92. The molecule has 20 heavy (non-hydrogen) atoms. The van der Waals surface area contributed by atoms with Crippen LogP contribution >= 0.6 is 0 Å². The van der Waals surface area contributed by atoms with Crippen LogP contribution in [-0.4, -0.2) is 15.9 Å². The normalized spacial score (nSPS) is 11.7. The van der Waals surface area contributed by atoms with Crippen LogP contribution in [0, 0.1) is 0 Å². The van der Waals surface area contributed by atoms with E-state index >= 15 is 0 Å². The lowest BCUT2D eigenvalue weighted by molar-refractivity contribution is 0.318. The maximum Gasteiger partial charge on any atom is 0.0927 e. The summed E-state index contributed by atoms with van der Waals surface area (Å²) in [5.41, 5.74) is 3.37. The molecule has 0 amide bonds. The third-order valence-corrected chi connectivity index (χ3v) is 3.23. The minimum Gasteiger partial charge on any atom is -0.411 e. The van der Waals surface area contributed by atoms with Gasteiger partial charge in [0.25, 0.3) is 0 Å². The summed E-state index contributed by atoms with van der Waals surface area (Å²) in [4.78, 5) is 4.60. The van der Waals surface area contributed by atoms with Crippen molar-refractivity contribution < 1.29 is 5.21 Å². The van der Waals surface area contributed by atoms with Crippen LogP contribution in [0.3, 0.4) is 0 Å². The first kappa shape index (κ1) is 12.4. The molecule has 0 atom stereocenters. The van der Waals surface area contributed by atoms with Crippen LogP contribution < -0.4 is 0 Å². The van der Waals surface area contributed by atoms with Crippen LogP contribution in [0.15, 0.2) is 71.9 Å². The molecule has 0 saturated carbocycles. The molecule has 0 saturated heterocycles. The van der Waals surface area contributed by atoms with Crippen LogP contribution in [0.4, 0.5) is 0 Å². The maximum atomic E-state index is 9.21. The molecule has 3 heteroatoms. The minimum absolute atomic E-state index is 0.505. The fourth-order valence-corrected chi connectivity index (χ4v) is 2.20. The average molecular weight is 262 g/mol. The molecule has 0 unspecified atom stereocenters. The Morgan fingerprint density at radius 1 is 0.900 bits per heavy atom. The number of hydrogen-bond acceptors (Lipinski definition) is 3. The molecule has 2 aromatic carbocycles. The smallest absolute Gasteiger partial charge is 0.0927 e. The summed E-state index contributed by atoms with van der Waals surface area (Å²) in [7, 11) is 0. The van der Waals surface area contributed by atoms with Crippen molar-refractivity contribution in [3.05, 3.63) is 78.0 Å². The number of rotatable bonds is 3. The summed E-state index contributed by atoms with van der Waals surface area (Å²) in [6.07, 6.45) is 0.505. The van der Waals surface area contributed by atoms with E-state index in [2.05, 4.69) is 10.1 Å². The van der Waals surface area contributed by atoms with Gasteiger partial charge >= 0.3 is 0 Å². The SMILES string of the molecule is ON=C(Cc1ccc2ccccc2n1)c1ccccc1. The predicted octanol–water partition coefficient (Wildman–Crippen LogP) is 3.66. The van der Waals surface area contributed by atoms with Gasteiger partial charge in [-0.1, -0.05) is 59.8 Å². The molecule has 0 aliphatic carbocycles. The van der Waals surface area contributed by atoms with E-state index in [1.54, 1.807) is 0 Å². The second-order valence-electron chi connectivity index (χ2n) is 4.58. The van der Waals surface area contributed by atoms with Gasteiger partial charge in [-0.15, -0.1) is 0 Å². The first-order chi connectivity index (χ1) is 9.86. The standard InChI is InChI=1S/C17H14N2O/c20-19-17(13-6-2-1-3-7-13)12-15-11-10-14-8-4-5-9-16(14)18-15/h1-11,20H,12H2. The van der Waals surface area contributed by atoms with E-state index in [0.717, 1.165) is 22.2 Å². The molecule has 3 aromatic rings. The van der Waals surface area contributed by atoms with E-state index in [1.807, 2.05) is 66.7 Å². The van der Waals surface area contributed by atoms with E-state index in [4.69, 9.17) is 0 Å². The summed E-state index contributed by atoms with van der Waals surface area (Å²) in [5.74, 6) is 0. The Bertz CT molecular complexity index is 751. The number of aromatic nitrogens is 1. The molecule has 0 bridgehead atoms. The minimum atomic E-state index is 0.505. The molecule has 0 aliphatic rings. The Morgan fingerprint density at radius 2 is 1.65 bits per heavy atom. The summed E-state index contributed by atoms with van der Waals surface area (Å²) in [6.45, 7) is 0. The Labute approximate surface area is 117 Å². The van der Waals surface area contributed by atoms with E-state index in [0.29, 0.717) is 12.1 Å². The van der Waals surface area contributed by atoms with Gasteiger partial charge in [-0.3, -0.25) is 4.98 Å². The molecule has 0 fully saturated rings. The zero-order chi connectivity index (χ0) is 13.8. The van der Waals surface area contributed by atoms with Gasteiger partial charge in [-0.25, -0.2) is 0 Å². The van der Waals surface area contributed by atoms with Gasteiger partial charge in [0.05, 0.1) is 11.2 Å². The van der Waals surface area contributed by atoms with Crippen molar-refractivity contribution in [1.82, 2.24) is 4.98 Å². The number of hydrogen-bond donors (Lipinski definition) is 1. The quantitative estimate of drug-likeness (QED) is 0.445. The fraction of sp³-hybridized carbons (Fsp3) is 0.0588. The molecular formula is C17H14N2O. The zero-order valence-electron chi connectivity index (χ0n) is 10.9. The number of benzene rings is 2. The lowest BCUT2D eigenvalue weighted by atomic mass is 10.0. The molecule has 0 spiro atoms. The highest BCUT2D eigenvalue weighted by molar-refractivity contribution is 6.01. The first-order valence-electron chi connectivity index (χ1n) is 6.48. The van der Waals surface area contributed by atoms with Crippen LogP contribution in [0.25, 0.3) is 10.9 Å². The molecule has 0 aliphatic heterocycles. The van der Waals surface area contributed by atoms with Gasteiger partial charge in [0, 0.05) is 17.5 Å². The van der Waals surface area contributed by atoms with Crippen molar-refractivity contribution in [2.24, 2.45) is 5.16 Å². The highest BCUT2D eigenvalue weighted by Gasteiger charge is 2.07. The lowest BCUT2D eigenvalue weighted by Gasteiger charge is -2.05.